The van der Waals surface area contributed by atoms with Crippen LogP contribution in [0.25, 0.3) is 11.3 Å². The topological polar surface area (TPSA) is 34.9 Å². The van der Waals surface area contributed by atoms with Gasteiger partial charge in [0.15, 0.2) is 0 Å². The van der Waals surface area contributed by atoms with Gasteiger partial charge in [0, 0.05) is 12.5 Å². The van der Waals surface area contributed by atoms with Crippen LogP contribution in [0.3, 0.4) is 0 Å². The summed E-state index contributed by atoms with van der Waals surface area (Å²) in [6, 6.07) is 6.96. The van der Waals surface area contributed by atoms with E-state index in [9.17, 15) is 44.3 Å². The first-order valence-electron chi connectivity index (χ1n) is 7.01. The van der Waals surface area contributed by atoms with Crippen molar-refractivity contribution in [2.45, 2.75) is 30.9 Å². The SMILES string of the molecule is CC(=O)n1nc(C(F)(F)C(F)(F)C(F)(F)C(F)(F)F)cc1-c1ccccc1. The number of hydrogen-bond acceptors (Lipinski definition) is 2. The molecule has 0 saturated carbocycles. The first-order valence-corrected chi connectivity index (χ1v) is 7.01. The van der Waals surface area contributed by atoms with E-state index < -0.39 is 41.2 Å². The highest BCUT2D eigenvalue weighted by Gasteiger charge is 2.82. The summed E-state index contributed by atoms with van der Waals surface area (Å²) in [5.41, 5.74) is -2.57. The van der Waals surface area contributed by atoms with Crippen LogP contribution in [-0.4, -0.2) is 33.7 Å². The minimum Gasteiger partial charge on any atom is -0.273 e. The van der Waals surface area contributed by atoms with E-state index in [1.165, 1.54) is 30.3 Å². The van der Waals surface area contributed by atoms with Crippen molar-refractivity contribution in [1.82, 2.24) is 9.78 Å². The smallest absolute Gasteiger partial charge is 0.273 e. The molecule has 0 aliphatic rings. The molecule has 12 heteroatoms. The molecule has 3 nitrogen and oxygen atoms in total. The van der Waals surface area contributed by atoms with Crippen LogP contribution in [-0.2, 0) is 5.92 Å². The number of nitrogens with zero attached hydrogens (tertiary/aromatic N) is 2. The summed E-state index contributed by atoms with van der Waals surface area (Å²) in [6.45, 7) is 0.809. The molecule has 0 N–H and O–H groups in total. The van der Waals surface area contributed by atoms with Gasteiger partial charge in [0.25, 0.3) is 0 Å². The lowest BCUT2D eigenvalue weighted by Gasteiger charge is -2.32. The Morgan fingerprint density at radius 3 is 1.85 bits per heavy atom. The van der Waals surface area contributed by atoms with E-state index >= 15 is 0 Å². The lowest BCUT2D eigenvalue weighted by Crippen LogP contribution is -2.59. The van der Waals surface area contributed by atoms with Gasteiger partial charge in [-0.15, -0.1) is 0 Å². The fourth-order valence-corrected chi connectivity index (χ4v) is 2.13. The van der Waals surface area contributed by atoms with Gasteiger partial charge >= 0.3 is 23.9 Å². The monoisotopic (exact) mass is 404 g/mol. The Labute approximate surface area is 145 Å². The van der Waals surface area contributed by atoms with Gasteiger partial charge in [-0.2, -0.15) is 49.3 Å². The highest BCUT2D eigenvalue weighted by molar-refractivity contribution is 5.81. The van der Waals surface area contributed by atoms with Crippen molar-refractivity contribution < 1.29 is 44.3 Å². The van der Waals surface area contributed by atoms with Gasteiger partial charge in [-0.1, -0.05) is 30.3 Å². The number of halogens is 9. The molecule has 0 unspecified atom stereocenters. The maximum Gasteiger partial charge on any atom is 0.460 e. The van der Waals surface area contributed by atoms with E-state index in [2.05, 4.69) is 5.10 Å². The van der Waals surface area contributed by atoms with E-state index in [1.54, 1.807) is 0 Å². The van der Waals surface area contributed by atoms with Gasteiger partial charge in [0.05, 0.1) is 5.69 Å². The van der Waals surface area contributed by atoms with Gasteiger partial charge in [-0.05, 0) is 6.07 Å². The van der Waals surface area contributed by atoms with Crippen LogP contribution in [0.1, 0.15) is 17.4 Å². The largest absolute Gasteiger partial charge is 0.460 e. The number of carbonyl (C=O) groups is 1. The molecule has 148 valence electrons. The molecule has 0 atom stereocenters. The maximum atomic E-state index is 14.0. The second-order valence-electron chi connectivity index (χ2n) is 5.43. The van der Waals surface area contributed by atoms with E-state index in [0.29, 0.717) is 0 Å². The van der Waals surface area contributed by atoms with E-state index in [1.807, 2.05) is 0 Å². The molecule has 2 rings (SSSR count). The summed E-state index contributed by atoms with van der Waals surface area (Å²) in [5.74, 6) is -21.0. The van der Waals surface area contributed by atoms with Crippen LogP contribution in [0, 0.1) is 0 Å². The third-order valence-corrected chi connectivity index (χ3v) is 3.54. The molecule has 0 radical (unpaired) electrons. The Morgan fingerprint density at radius 2 is 1.41 bits per heavy atom. The summed E-state index contributed by atoms with van der Waals surface area (Å²) in [5, 5.41) is 2.86. The molecule has 0 spiro atoms. The standard InChI is InChI=1S/C15H9F9N2O/c1-8(27)26-10(9-5-3-2-4-6-9)7-11(25-26)12(16,17)13(18,19)14(20,21)15(22,23)24/h2-7H,1H3. The summed E-state index contributed by atoms with van der Waals surface area (Å²) in [7, 11) is 0. The predicted octanol–water partition coefficient (Wildman–Crippen LogP) is 5.13. The number of hydrogen-bond donors (Lipinski definition) is 0. The Hall–Kier alpha value is -2.53. The van der Waals surface area contributed by atoms with Gasteiger partial charge in [0.1, 0.15) is 5.69 Å². The van der Waals surface area contributed by atoms with Crippen molar-refractivity contribution in [3.8, 4) is 11.3 Å². The maximum absolute atomic E-state index is 14.0. The van der Waals surface area contributed by atoms with Gasteiger partial charge in [-0.3, -0.25) is 4.79 Å². The zero-order chi connectivity index (χ0) is 20.8. The molecule has 0 aliphatic carbocycles. The number of carbonyl (C=O) groups excluding carboxylic acids is 1. The highest BCUT2D eigenvalue weighted by atomic mass is 19.4. The Morgan fingerprint density at radius 1 is 0.889 bits per heavy atom. The van der Waals surface area contributed by atoms with E-state index in [0.717, 1.165) is 6.92 Å². The fourth-order valence-electron chi connectivity index (χ4n) is 2.13. The summed E-state index contributed by atoms with van der Waals surface area (Å²) in [4.78, 5) is 11.5. The van der Waals surface area contributed by atoms with Gasteiger partial charge in [0.2, 0.25) is 5.91 Å². The molecule has 1 heterocycles. The number of rotatable bonds is 4. The minimum atomic E-state index is -7.05. The normalized spacial score (nSPS) is 13.7. The fraction of sp³-hybridized carbons (Fsp3) is 0.333. The van der Waals surface area contributed by atoms with Crippen LogP contribution >= 0.6 is 0 Å². The Kier molecular flexibility index (Phi) is 4.83. The summed E-state index contributed by atoms with van der Waals surface area (Å²) < 4.78 is 118. The van der Waals surface area contributed by atoms with E-state index in [-0.39, 0.29) is 16.3 Å². The summed E-state index contributed by atoms with van der Waals surface area (Å²) >= 11 is 0. The minimum absolute atomic E-state index is 0.0214. The third-order valence-electron chi connectivity index (χ3n) is 3.54. The lowest BCUT2D eigenvalue weighted by atomic mass is 10.0. The second-order valence-corrected chi connectivity index (χ2v) is 5.43. The quantitative estimate of drug-likeness (QED) is 0.662. The average Bonchev–Trinajstić information content (AvgIpc) is 3.00. The second kappa shape index (κ2) is 6.27. The first kappa shape index (κ1) is 20.8. The zero-order valence-corrected chi connectivity index (χ0v) is 13.2. The van der Waals surface area contributed by atoms with E-state index in [4.69, 9.17) is 0 Å². The van der Waals surface area contributed by atoms with Crippen molar-refractivity contribution in [2.75, 3.05) is 0 Å². The lowest BCUT2D eigenvalue weighted by molar-refractivity contribution is -0.400. The Balaban J connectivity index is 2.65. The molecule has 2 aromatic rings. The van der Waals surface area contributed by atoms with Crippen LogP contribution in [0.2, 0.25) is 0 Å². The van der Waals surface area contributed by atoms with Crippen molar-refractivity contribution in [2.24, 2.45) is 0 Å². The Bertz CT molecular complexity index is 841. The van der Waals surface area contributed by atoms with Crippen LogP contribution in [0.15, 0.2) is 36.4 Å². The molecule has 0 saturated heterocycles. The predicted molar refractivity (Wildman–Crippen MR) is 73.8 cm³/mol. The zero-order valence-electron chi connectivity index (χ0n) is 13.2. The van der Waals surface area contributed by atoms with Crippen molar-refractivity contribution in [3.63, 3.8) is 0 Å². The van der Waals surface area contributed by atoms with Gasteiger partial charge < -0.3 is 0 Å². The van der Waals surface area contributed by atoms with Crippen molar-refractivity contribution in [3.05, 3.63) is 42.1 Å². The van der Waals surface area contributed by atoms with Crippen LogP contribution < -0.4 is 0 Å². The van der Waals surface area contributed by atoms with Crippen molar-refractivity contribution >= 4 is 5.91 Å². The average molecular weight is 404 g/mol. The number of benzene rings is 1. The molecule has 0 amide bonds. The molecule has 1 aromatic carbocycles. The molecule has 1 aromatic heterocycles. The number of alkyl halides is 9. The molecule has 0 bridgehead atoms. The molecular weight excluding hydrogens is 395 g/mol. The van der Waals surface area contributed by atoms with Gasteiger partial charge in [-0.25, -0.2) is 0 Å². The molecule has 27 heavy (non-hydrogen) atoms. The number of aromatic nitrogens is 2. The van der Waals surface area contributed by atoms with Crippen LogP contribution in [0.4, 0.5) is 39.5 Å². The first-order chi connectivity index (χ1) is 12.1. The summed E-state index contributed by atoms with van der Waals surface area (Å²) in [6.07, 6.45) is -6.94. The third kappa shape index (κ3) is 3.16. The molecular formula is C15H9F9N2O. The van der Waals surface area contributed by atoms with Crippen molar-refractivity contribution in [1.29, 1.82) is 0 Å². The highest BCUT2D eigenvalue weighted by Crippen LogP contribution is 2.56. The molecule has 0 fully saturated rings. The van der Waals surface area contributed by atoms with Crippen LogP contribution in [0.5, 0.6) is 0 Å². The molecule has 0 aliphatic heterocycles.